The van der Waals surface area contributed by atoms with Crippen LogP contribution in [0.2, 0.25) is 0 Å². The second kappa shape index (κ2) is 10.4. The number of hydrogen-bond donors (Lipinski definition) is 2. The molecule has 9 heteroatoms. The van der Waals surface area contributed by atoms with E-state index in [9.17, 15) is 4.79 Å². The van der Waals surface area contributed by atoms with E-state index in [0.717, 1.165) is 23.2 Å². The number of rotatable bonds is 7. The van der Waals surface area contributed by atoms with Gasteiger partial charge in [-0.15, -0.1) is 0 Å². The van der Waals surface area contributed by atoms with Gasteiger partial charge in [0.15, 0.2) is 5.82 Å². The Labute approximate surface area is 203 Å². The third-order valence-corrected chi connectivity index (χ3v) is 6.06. The normalized spacial score (nSPS) is 15.7. The molecule has 0 aliphatic carbocycles. The second-order valence-corrected chi connectivity index (χ2v) is 8.32. The second-order valence-electron chi connectivity index (χ2n) is 8.32. The van der Waals surface area contributed by atoms with Gasteiger partial charge in [-0.05, 0) is 24.1 Å². The molecule has 178 valence electrons. The number of hydrogen-bond acceptors (Lipinski definition) is 8. The van der Waals surface area contributed by atoms with E-state index in [2.05, 4.69) is 37.6 Å². The van der Waals surface area contributed by atoms with Crippen LogP contribution in [-0.2, 0) is 11.2 Å². The summed E-state index contributed by atoms with van der Waals surface area (Å²) in [5.74, 6) is 1.88. The molecular weight excluding hydrogens is 442 g/mol. The number of anilines is 1. The first-order valence-electron chi connectivity index (χ1n) is 11.6. The number of aromatic nitrogens is 4. The zero-order valence-electron chi connectivity index (χ0n) is 19.5. The summed E-state index contributed by atoms with van der Waals surface area (Å²) in [7, 11) is 1.61. The summed E-state index contributed by atoms with van der Waals surface area (Å²) in [6.07, 6.45) is 7.60. The molecule has 1 saturated heterocycles. The number of fused-ring (bicyclic) bond motifs is 1. The fraction of sp³-hybridized carbons (Fsp3) is 0.269. The summed E-state index contributed by atoms with van der Waals surface area (Å²) in [5.41, 5.74) is 2.74. The molecule has 35 heavy (non-hydrogen) atoms. The summed E-state index contributed by atoms with van der Waals surface area (Å²) >= 11 is 0. The van der Waals surface area contributed by atoms with E-state index in [-0.39, 0.29) is 11.9 Å². The molecular formula is C26H27N7O2. The summed E-state index contributed by atoms with van der Waals surface area (Å²) in [4.78, 5) is 33.1. The van der Waals surface area contributed by atoms with Crippen LogP contribution in [0.3, 0.4) is 0 Å². The van der Waals surface area contributed by atoms with Crippen molar-refractivity contribution in [1.82, 2.24) is 30.6 Å². The highest BCUT2D eigenvalue weighted by Crippen LogP contribution is 2.34. The molecule has 1 aliphatic heterocycles. The maximum atomic E-state index is 13.0. The number of nitrogens with zero attached hydrogens (tertiary/aromatic N) is 5. The topological polar surface area (TPSA) is 105 Å². The van der Waals surface area contributed by atoms with E-state index in [0.29, 0.717) is 43.3 Å². The third kappa shape index (κ3) is 5.04. The number of carbonyl (C=O) groups is 1. The van der Waals surface area contributed by atoms with Crippen molar-refractivity contribution in [3.8, 4) is 17.1 Å². The number of nitrogens with one attached hydrogen (secondary N) is 2. The van der Waals surface area contributed by atoms with Crippen LogP contribution < -0.4 is 20.3 Å². The number of carbonyl (C=O) groups excluding carboxylic acids is 1. The molecule has 3 aromatic heterocycles. The highest BCUT2D eigenvalue weighted by atomic mass is 16.5. The van der Waals surface area contributed by atoms with Gasteiger partial charge in [-0.25, -0.2) is 9.97 Å². The molecule has 0 radical (unpaired) electrons. The van der Waals surface area contributed by atoms with E-state index in [1.165, 1.54) is 5.56 Å². The molecule has 0 saturated carbocycles. The van der Waals surface area contributed by atoms with Crippen LogP contribution in [-0.4, -0.2) is 65.2 Å². The zero-order valence-corrected chi connectivity index (χ0v) is 19.5. The van der Waals surface area contributed by atoms with Crippen LogP contribution in [0.15, 0.2) is 67.3 Å². The molecule has 2 N–H and O–H groups in total. The Morgan fingerprint density at radius 3 is 2.74 bits per heavy atom. The number of amides is 1. The Morgan fingerprint density at radius 1 is 1.11 bits per heavy atom. The number of pyridine rings is 2. The van der Waals surface area contributed by atoms with Crippen molar-refractivity contribution in [2.75, 3.05) is 38.2 Å². The van der Waals surface area contributed by atoms with Gasteiger partial charge in [0.1, 0.15) is 17.6 Å². The van der Waals surface area contributed by atoms with Crippen LogP contribution >= 0.6 is 0 Å². The Bertz CT molecular complexity index is 1300. The van der Waals surface area contributed by atoms with Gasteiger partial charge in [0, 0.05) is 44.1 Å². The lowest BCUT2D eigenvalue weighted by Crippen LogP contribution is -2.57. The van der Waals surface area contributed by atoms with Crippen molar-refractivity contribution in [1.29, 1.82) is 0 Å². The first-order valence-corrected chi connectivity index (χ1v) is 11.6. The number of ether oxygens (including phenoxy) is 1. The SMILES string of the molecule is COc1cncc2nc(-c3ccncc3)nc(N3CCNC(C(=O)NCCc4ccccc4)C3)c12. The molecule has 4 aromatic rings. The smallest absolute Gasteiger partial charge is 0.238 e. The Kier molecular flexibility index (Phi) is 6.76. The molecule has 1 unspecified atom stereocenters. The van der Waals surface area contributed by atoms with Gasteiger partial charge >= 0.3 is 0 Å². The fourth-order valence-corrected chi connectivity index (χ4v) is 4.27. The van der Waals surface area contributed by atoms with E-state index in [1.54, 1.807) is 31.9 Å². The molecule has 0 spiro atoms. The minimum atomic E-state index is -0.359. The third-order valence-electron chi connectivity index (χ3n) is 6.06. The van der Waals surface area contributed by atoms with Gasteiger partial charge in [0.2, 0.25) is 5.91 Å². The molecule has 5 rings (SSSR count). The van der Waals surface area contributed by atoms with Gasteiger partial charge in [-0.1, -0.05) is 30.3 Å². The van der Waals surface area contributed by atoms with Crippen LogP contribution in [0.1, 0.15) is 5.56 Å². The maximum absolute atomic E-state index is 13.0. The lowest BCUT2D eigenvalue weighted by atomic mass is 10.1. The molecule has 0 bridgehead atoms. The number of piperazine rings is 1. The van der Waals surface area contributed by atoms with Gasteiger partial charge in [-0.2, -0.15) is 0 Å². The lowest BCUT2D eigenvalue weighted by molar-refractivity contribution is -0.123. The van der Waals surface area contributed by atoms with Crippen LogP contribution in [0.4, 0.5) is 5.82 Å². The van der Waals surface area contributed by atoms with Gasteiger partial charge in [0.25, 0.3) is 0 Å². The average molecular weight is 470 g/mol. The largest absolute Gasteiger partial charge is 0.494 e. The predicted octanol–water partition coefficient (Wildman–Crippen LogP) is 2.23. The first kappa shape index (κ1) is 22.7. The quantitative estimate of drug-likeness (QED) is 0.425. The monoisotopic (exact) mass is 469 g/mol. The molecule has 1 aliphatic rings. The van der Waals surface area contributed by atoms with Crippen LogP contribution in [0.25, 0.3) is 22.3 Å². The highest BCUT2D eigenvalue weighted by Gasteiger charge is 2.28. The van der Waals surface area contributed by atoms with E-state index >= 15 is 0 Å². The number of methoxy groups -OCH3 is 1. The molecule has 9 nitrogen and oxygen atoms in total. The molecule has 1 amide bonds. The van der Waals surface area contributed by atoms with Gasteiger partial charge in [-0.3, -0.25) is 14.8 Å². The van der Waals surface area contributed by atoms with Crippen LogP contribution in [0.5, 0.6) is 5.75 Å². The predicted molar refractivity (Wildman–Crippen MR) is 134 cm³/mol. The Morgan fingerprint density at radius 2 is 1.94 bits per heavy atom. The number of benzene rings is 1. The first-order chi connectivity index (χ1) is 17.2. The van der Waals surface area contributed by atoms with E-state index in [4.69, 9.17) is 14.7 Å². The summed E-state index contributed by atoms with van der Waals surface area (Å²) in [6, 6.07) is 13.5. The van der Waals surface area contributed by atoms with E-state index in [1.807, 2.05) is 30.3 Å². The van der Waals surface area contributed by atoms with Crippen LogP contribution in [0, 0.1) is 0 Å². The minimum absolute atomic E-state index is 0.0213. The fourth-order valence-electron chi connectivity index (χ4n) is 4.27. The summed E-state index contributed by atoms with van der Waals surface area (Å²) < 4.78 is 5.60. The highest BCUT2D eigenvalue weighted by molar-refractivity contribution is 5.96. The van der Waals surface area contributed by atoms with Crippen molar-refractivity contribution in [2.45, 2.75) is 12.5 Å². The van der Waals surface area contributed by atoms with Crippen molar-refractivity contribution >= 4 is 22.6 Å². The van der Waals surface area contributed by atoms with Gasteiger partial charge < -0.3 is 20.3 Å². The maximum Gasteiger partial charge on any atom is 0.238 e. The van der Waals surface area contributed by atoms with Crippen molar-refractivity contribution in [2.24, 2.45) is 0 Å². The molecule has 1 aromatic carbocycles. The molecule has 1 fully saturated rings. The standard InChI is InChI=1S/C26H27N7O2/c1-35-22-16-28-15-20-23(22)25(32-24(31-20)19-8-10-27-11-9-19)33-14-13-29-21(17-33)26(34)30-12-7-18-5-3-2-4-6-18/h2-6,8-11,15-16,21,29H,7,12-14,17H2,1H3,(H,30,34). The lowest BCUT2D eigenvalue weighted by Gasteiger charge is -2.34. The van der Waals surface area contributed by atoms with E-state index < -0.39 is 0 Å². The van der Waals surface area contributed by atoms with Crippen molar-refractivity contribution in [3.63, 3.8) is 0 Å². The Balaban J connectivity index is 1.40. The Hall–Kier alpha value is -4.11. The zero-order chi connectivity index (χ0) is 24.0. The minimum Gasteiger partial charge on any atom is -0.494 e. The average Bonchev–Trinajstić information content (AvgIpc) is 2.93. The molecule has 1 atom stereocenters. The summed E-state index contributed by atoms with van der Waals surface area (Å²) in [6.45, 7) is 2.41. The van der Waals surface area contributed by atoms with Crippen molar-refractivity contribution < 1.29 is 9.53 Å². The molecule has 4 heterocycles. The van der Waals surface area contributed by atoms with Crippen molar-refractivity contribution in [3.05, 3.63) is 72.8 Å². The van der Waals surface area contributed by atoms with Gasteiger partial charge in [0.05, 0.1) is 30.4 Å². The summed E-state index contributed by atoms with van der Waals surface area (Å²) in [5, 5.41) is 7.19.